The number of carbonyl (C=O) groups is 4. The van der Waals surface area contributed by atoms with Crippen molar-refractivity contribution in [1.29, 1.82) is 0 Å². The zero-order valence-corrected chi connectivity index (χ0v) is 34.6. The highest BCUT2D eigenvalue weighted by atomic mass is 19.4. The van der Waals surface area contributed by atoms with E-state index in [0.717, 1.165) is 22.9 Å². The molecule has 0 bridgehead atoms. The predicted molar refractivity (Wildman–Crippen MR) is 225 cm³/mol. The van der Waals surface area contributed by atoms with E-state index in [1.165, 1.54) is 38.7 Å². The molecule has 2 atom stereocenters. The summed E-state index contributed by atoms with van der Waals surface area (Å²) in [6.45, 7) is 1.50. The quantitative estimate of drug-likeness (QED) is 0.0558. The third kappa shape index (κ3) is 10.2. The standard InChI is InChI=1S/C42H46F3N11O8/c1-53-36-26(4-2-6-29(36)56(41(53)61)30-11-12-34(57)51-39(30)60)5-3-16-62-18-19-63-17-15-48-21-25-7-9-28(10-8-25)54-22-31(35(52-54)38(47)59)55-32(37(46)58)23-64-40(55)27-13-14-49-33(20-27)50-24-42(43,44)45/h2,4,6-10,13-14,20,22-23,30,40,48H,3,5,11-12,15-19,21,24H2,1H3,(H2,46,58)(H2,47,59)(H,49,50)(H,51,57,60). The number of aryl methyl sites for hydroxylation is 2. The lowest BCUT2D eigenvalue weighted by molar-refractivity contribution is -0.135. The van der Waals surface area contributed by atoms with Gasteiger partial charge in [-0.15, -0.1) is 0 Å². The number of imidazole rings is 1. The minimum atomic E-state index is -4.49. The van der Waals surface area contributed by atoms with Gasteiger partial charge in [0.2, 0.25) is 18.0 Å². The van der Waals surface area contributed by atoms with Crippen LogP contribution in [0.4, 0.5) is 24.7 Å². The summed E-state index contributed by atoms with van der Waals surface area (Å²) in [6.07, 6.45) is 0.0107. The van der Waals surface area contributed by atoms with Crippen LogP contribution in [0.3, 0.4) is 0 Å². The molecular weight excluding hydrogens is 844 g/mol. The molecule has 2 aliphatic heterocycles. The Kier molecular flexibility index (Phi) is 13.8. The van der Waals surface area contributed by atoms with E-state index < -0.39 is 42.7 Å². The van der Waals surface area contributed by atoms with Gasteiger partial charge in [-0.1, -0.05) is 24.3 Å². The number of pyridine rings is 1. The van der Waals surface area contributed by atoms with Crippen molar-refractivity contribution in [2.24, 2.45) is 18.5 Å². The third-order valence-electron chi connectivity index (χ3n) is 10.6. The molecule has 3 aromatic heterocycles. The monoisotopic (exact) mass is 889 g/mol. The number of nitrogens with zero attached hydrogens (tertiary/aromatic N) is 6. The van der Waals surface area contributed by atoms with Crippen LogP contribution in [0.25, 0.3) is 16.7 Å². The van der Waals surface area contributed by atoms with E-state index >= 15 is 0 Å². The maximum Gasteiger partial charge on any atom is 0.405 e. The molecule has 0 saturated carbocycles. The number of benzene rings is 2. The Morgan fingerprint density at radius 2 is 1.77 bits per heavy atom. The second-order valence-electron chi connectivity index (χ2n) is 15.0. The van der Waals surface area contributed by atoms with Crippen molar-refractivity contribution in [3.8, 4) is 5.69 Å². The van der Waals surface area contributed by atoms with Crippen molar-refractivity contribution in [3.05, 3.63) is 112 Å². The molecule has 0 spiro atoms. The van der Waals surface area contributed by atoms with Crippen molar-refractivity contribution >= 4 is 46.2 Å². The maximum absolute atomic E-state index is 13.2. The van der Waals surface area contributed by atoms with Gasteiger partial charge in [0.25, 0.3) is 11.8 Å². The van der Waals surface area contributed by atoms with E-state index in [2.05, 4.69) is 26.0 Å². The molecule has 2 unspecified atom stereocenters. The predicted octanol–water partition coefficient (Wildman–Crippen LogP) is 2.59. The summed E-state index contributed by atoms with van der Waals surface area (Å²) < 4.78 is 60.2. The number of halogens is 3. The zero-order valence-electron chi connectivity index (χ0n) is 34.6. The fourth-order valence-electron chi connectivity index (χ4n) is 7.55. The number of ether oxygens (including phenoxy) is 3. The molecule has 5 heterocycles. The summed E-state index contributed by atoms with van der Waals surface area (Å²) in [6, 6.07) is 15.0. The number of imide groups is 1. The normalized spacial score (nSPS) is 16.5. The molecule has 0 aliphatic carbocycles. The summed E-state index contributed by atoms with van der Waals surface area (Å²) in [4.78, 5) is 67.7. The van der Waals surface area contributed by atoms with Crippen LogP contribution in [0.5, 0.6) is 0 Å². The van der Waals surface area contributed by atoms with E-state index in [4.69, 9.17) is 25.7 Å². The lowest BCUT2D eigenvalue weighted by Crippen LogP contribution is -2.44. The molecule has 2 aromatic carbocycles. The fourth-order valence-corrected chi connectivity index (χ4v) is 7.55. The number of hydrogen-bond donors (Lipinski definition) is 5. The number of piperidine rings is 1. The first kappa shape index (κ1) is 45.0. The summed E-state index contributed by atoms with van der Waals surface area (Å²) in [7, 11) is 1.68. The van der Waals surface area contributed by atoms with Gasteiger partial charge in [-0.3, -0.25) is 38.5 Å². The van der Waals surface area contributed by atoms with Crippen LogP contribution in [0.15, 0.2) is 83.7 Å². The number of alkyl halides is 3. The Bertz CT molecular complexity index is 2620. The Balaban J connectivity index is 0.859. The van der Waals surface area contributed by atoms with Crippen molar-refractivity contribution in [3.63, 3.8) is 0 Å². The third-order valence-corrected chi connectivity index (χ3v) is 10.6. The second-order valence-corrected chi connectivity index (χ2v) is 15.0. The minimum absolute atomic E-state index is 0.0706. The second kappa shape index (κ2) is 19.6. The van der Waals surface area contributed by atoms with Gasteiger partial charge in [0, 0.05) is 44.9 Å². The van der Waals surface area contributed by atoms with Gasteiger partial charge in [0.15, 0.2) is 5.69 Å². The number of rotatable bonds is 20. The smallest absolute Gasteiger partial charge is 0.405 e. The van der Waals surface area contributed by atoms with E-state index in [1.807, 2.05) is 30.3 Å². The highest BCUT2D eigenvalue weighted by Crippen LogP contribution is 2.39. The number of nitrogens with two attached hydrogens (primary N) is 2. The molecule has 2 aliphatic rings. The van der Waals surface area contributed by atoms with E-state index in [9.17, 15) is 37.1 Å². The van der Waals surface area contributed by atoms with Gasteiger partial charge in [-0.25, -0.2) is 14.5 Å². The van der Waals surface area contributed by atoms with Gasteiger partial charge in [0.05, 0.1) is 48.4 Å². The summed E-state index contributed by atoms with van der Waals surface area (Å²) in [5.41, 5.74) is 14.9. The Morgan fingerprint density at radius 1 is 1.00 bits per heavy atom. The van der Waals surface area contributed by atoms with Crippen LogP contribution >= 0.6 is 0 Å². The van der Waals surface area contributed by atoms with Crippen molar-refractivity contribution in [2.75, 3.05) is 49.7 Å². The van der Waals surface area contributed by atoms with E-state index in [0.29, 0.717) is 69.1 Å². The van der Waals surface area contributed by atoms with Gasteiger partial charge in [0.1, 0.15) is 30.4 Å². The molecule has 64 heavy (non-hydrogen) atoms. The first-order valence-electron chi connectivity index (χ1n) is 20.3. The highest BCUT2D eigenvalue weighted by Gasteiger charge is 2.38. The number of carbonyl (C=O) groups excluding carboxylic acids is 4. The first-order valence-corrected chi connectivity index (χ1v) is 20.3. The Hall–Kier alpha value is -7.04. The number of hydrogen-bond acceptors (Lipinski definition) is 13. The average molecular weight is 890 g/mol. The molecule has 7 N–H and O–H groups in total. The molecule has 1 fully saturated rings. The molecule has 22 heteroatoms. The lowest BCUT2D eigenvalue weighted by atomic mass is 10.0. The van der Waals surface area contributed by atoms with Crippen molar-refractivity contribution in [1.82, 2.24) is 34.5 Å². The number of primary amides is 2. The summed E-state index contributed by atoms with van der Waals surface area (Å²) in [5, 5.41) is 12.2. The van der Waals surface area contributed by atoms with Crippen LogP contribution in [0.1, 0.15) is 58.7 Å². The Morgan fingerprint density at radius 3 is 2.48 bits per heavy atom. The van der Waals surface area contributed by atoms with Gasteiger partial charge >= 0.3 is 11.9 Å². The van der Waals surface area contributed by atoms with Crippen molar-refractivity contribution in [2.45, 2.75) is 50.7 Å². The van der Waals surface area contributed by atoms with E-state index in [-0.39, 0.29) is 47.3 Å². The number of anilines is 2. The van der Waals surface area contributed by atoms with E-state index in [1.54, 1.807) is 23.7 Å². The maximum atomic E-state index is 13.2. The number of nitrogens with one attached hydrogen (secondary N) is 3. The molecule has 1 saturated heterocycles. The number of fused-ring (bicyclic) bond motifs is 1. The van der Waals surface area contributed by atoms with Crippen LogP contribution in [0, 0.1) is 0 Å². The summed E-state index contributed by atoms with van der Waals surface area (Å²) >= 11 is 0. The molecule has 5 aromatic rings. The number of amides is 4. The van der Waals surface area contributed by atoms with Gasteiger partial charge < -0.3 is 36.3 Å². The molecule has 4 amide bonds. The molecule has 7 rings (SSSR count). The van der Waals surface area contributed by atoms with Gasteiger partial charge in [-0.2, -0.15) is 18.3 Å². The number of aromatic nitrogens is 5. The number of para-hydroxylation sites is 1. The van der Waals surface area contributed by atoms with Crippen LogP contribution in [-0.4, -0.2) is 93.2 Å². The van der Waals surface area contributed by atoms with Gasteiger partial charge in [-0.05, 0) is 60.7 Å². The molecule has 19 nitrogen and oxygen atoms in total. The minimum Gasteiger partial charge on any atom is -0.471 e. The zero-order chi connectivity index (χ0) is 45.5. The highest BCUT2D eigenvalue weighted by molar-refractivity contribution is 6.02. The fraction of sp³-hybridized carbons (Fsp3) is 0.357. The van der Waals surface area contributed by atoms with Crippen molar-refractivity contribution < 1.29 is 46.6 Å². The summed E-state index contributed by atoms with van der Waals surface area (Å²) in [5.74, 6) is -2.72. The SMILES string of the molecule is Cn1c(=O)n(C2CCC(=O)NC2=O)c2cccc(CCCOCCOCCNCc3ccc(-n4cc(N5C(C(N)=O)=COC5c5ccnc(NCC(F)(F)F)c5)c(C(N)=O)n4)cc3)c21. The first-order chi connectivity index (χ1) is 30.7. The molecular formula is C42H46F3N11O8. The largest absolute Gasteiger partial charge is 0.471 e. The van der Waals surface area contributed by atoms with Crippen LogP contribution in [0.2, 0.25) is 0 Å². The lowest BCUT2D eigenvalue weighted by Gasteiger charge is -2.26. The average Bonchev–Trinajstić information content (AvgIpc) is 3.97. The van der Waals surface area contributed by atoms with Crippen LogP contribution in [-0.2, 0) is 48.6 Å². The molecule has 0 radical (unpaired) electrons. The topological polar surface area (TPSA) is 245 Å². The van der Waals surface area contributed by atoms with Crippen LogP contribution < -0.4 is 38.0 Å². The molecule has 338 valence electrons. The Labute approximate surface area is 363 Å².